The predicted molar refractivity (Wildman–Crippen MR) is 86.0 cm³/mol. The number of carbonyl (C=O) groups excluding carboxylic acids is 1. The van der Waals surface area contributed by atoms with Crippen LogP contribution in [0, 0.1) is 0 Å². The molecule has 1 amide bonds. The molecule has 3 aromatic rings. The minimum atomic E-state index is -0.280. The summed E-state index contributed by atoms with van der Waals surface area (Å²) in [5.74, 6) is -0.280. The Bertz CT molecular complexity index is 786. The molecule has 0 bridgehead atoms. The number of hydrogen-bond acceptors (Lipinski definition) is 4. The fourth-order valence-corrected chi connectivity index (χ4v) is 2.15. The van der Waals surface area contributed by atoms with E-state index in [2.05, 4.69) is 20.6 Å². The quantitative estimate of drug-likeness (QED) is 0.780. The Hall–Kier alpha value is -2.73. The summed E-state index contributed by atoms with van der Waals surface area (Å²) in [6, 6.07) is 13.0. The van der Waals surface area contributed by atoms with Crippen molar-refractivity contribution in [3.63, 3.8) is 0 Å². The largest absolute Gasteiger partial charge is 0.345 e. The van der Waals surface area contributed by atoms with Crippen LogP contribution in [-0.4, -0.2) is 25.9 Å². The van der Waals surface area contributed by atoms with Gasteiger partial charge in [-0.1, -0.05) is 35.0 Å². The molecule has 0 spiro atoms. The minimum Gasteiger partial charge on any atom is -0.345 e. The van der Waals surface area contributed by atoms with Crippen LogP contribution < -0.4 is 5.32 Å². The van der Waals surface area contributed by atoms with Gasteiger partial charge >= 0.3 is 0 Å². The van der Waals surface area contributed by atoms with Gasteiger partial charge in [0.1, 0.15) is 0 Å². The number of benzene rings is 1. The van der Waals surface area contributed by atoms with Crippen molar-refractivity contribution in [3.05, 3.63) is 76.8 Å². The Balaban J connectivity index is 1.59. The highest BCUT2D eigenvalue weighted by molar-refractivity contribution is 6.30. The maximum atomic E-state index is 12.1. The van der Waals surface area contributed by atoms with Crippen LogP contribution in [0.1, 0.15) is 21.7 Å². The molecule has 0 aliphatic carbocycles. The van der Waals surface area contributed by atoms with Crippen molar-refractivity contribution in [2.45, 2.75) is 13.1 Å². The summed E-state index contributed by atoms with van der Waals surface area (Å²) in [6.07, 6.45) is 3.30. The molecule has 23 heavy (non-hydrogen) atoms. The molecule has 0 radical (unpaired) electrons. The van der Waals surface area contributed by atoms with Crippen LogP contribution in [0.2, 0.25) is 5.02 Å². The van der Waals surface area contributed by atoms with E-state index in [1.165, 1.54) is 0 Å². The van der Waals surface area contributed by atoms with Gasteiger partial charge in [-0.25, -0.2) is 4.68 Å². The second kappa shape index (κ2) is 7.02. The topological polar surface area (TPSA) is 72.7 Å². The van der Waals surface area contributed by atoms with Crippen LogP contribution >= 0.6 is 11.6 Å². The standard InChI is InChI=1S/C16H14ClN5O/c17-13-6-4-12(5-7-13)10-22-11-15(20-21-22)16(23)19-9-14-3-1-2-8-18-14/h1-8,11H,9-10H2,(H,19,23). The number of nitrogens with zero attached hydrogens (tertiary/aromatic N) is 4. The van der Waals surface area contributed by atoms with E-state index in [1.54, 1.807) is 17.1 Å². The number of amides is 1. The van der Waals surface area contributed by atoms with Gasteiger partial charge in [0.15, 0.2) is 5.69 Å². The first-order valence-electron chi connectivity index (χ1n) is 7.03. The van der Waals surface area contributed by atoms with Crippen LogP contribution in [-0.2, 0) is 13.1 Å². The van der Waals surface area contributed by atoms with Crippen molar-refractivity contribution in [1.29, 1.82) is 0 Å². The van der Waals surface area contributed by atoms with Crippen molar-refractivity contribution in [3.8, 4) is 0 Å². The summed E-state index contributed by atoms with van der Waals surface area (Å²) < 4.78 is 1.61. The summed E-state index contributed by atoms with van der Waals surface area (Å²) in [5, 5.41) is 11.3. The number of pyridine rings is 1. The van der Waals surface area contributed by atoms with Gasteiger partial charge in [-0.3, -0.25) is 9.78 Å². The van der Waals surface area contributed by atoms with Crippen molar-refractivity contribution in [2.75, 3.05) is 0 Å². The summed E-state index contributed by atoms with van der Waals surface area (Å²) >= 11 is 5.85. The average molecular weight is 328 g/mol. The zero-order chi connectivity index (χ0) is 16.1. The van der Waals surface area contributed by atoms with E-state index in [-0.39, 0.29) is 11.6 Å². The molecule has 1 aromatic carbocycles. The lowest BCUT2D eigenvalue weighted by atomic mass is 10.2. The molecule has 0 aliphatic rings. The first-order chi connectivity index (χ1) is 11.2. The number of nitrogens with one attached hydrogen (secondary N) is 1. The number of aromatic nitrogens is 4. The summed E-state index contributed by atoms with van der Waals surface area (Å²) in [6.45, 7) is 0.876. The Kier molecular flexibility index (Phi) is 4.63. The van der Waals surface area contributed by atoms with Gasteiger partial charge in [0.25, 0.3) is 5.91 Å². The normalized spacial score (nSPS) is 10.5. The van der Waals surface area contributed by atoms with Gasteiger partial charge in [0.2, 0.25) is 0 Å². The lowest BCUT2D eigenvalue weighted by molar-refractivity contribution is 0.0945. The minimum absolute atomic E-state index is 0.273. The fraction of sp³-hybridized carbons (Fsp3) is 0.125. The molecule has 0 aliphatic heterocycles. The second-order valence-electron chi connectivity index (χ2n) is 4.93. The van der Waals surface area contributed by atoms with E-state index in [4.69, 9.17) is 11.6 Å². The molecule has 0 unspecified atom stereocenters. The highest BCUT2D eigenvalue weighted by Crippen LogP contribution is 2.10. The summed E-state index contributed by atoms with van der Waals surface area (Å²) in [7, 11) is 0. The first-order valence-corrected chi connectivity index (χ1v) is 7.41. The van der Waals surface area contributed by atoms with Gasteiger partial charge in [-0.2, -0.15) is 0 Å². The zero-order valence-electron chi connectivity index (χ0n) is 12.2. The van der Waals surface area contributed by atoms with E-state index >= 15 is 0 Å². The van der Waals surface area contributed by atoms with Gasteiger partial charge in [0.05, 0.1) is 25.0 Å². The van der Waals surface area contributed by atoms with Crippen molar-refractivity contribution < 1.29 is 4.79 Å². The zero-order valence-corrected chi connectivity index (χ0v) is 12.9. The van der Waals surface area contributed by atoms with Gasteiger partial charge in [0, 0.05) is 11.2 Å². The van der Waals surface area contributed by atoms with Crippen molar-refractivity contribution in [2.24, 2.45) is 0 Å². The van der Waals surface area contributed by atoms with Crippen LogP contribution in [0.25, 0.3) is 0 Å². The van der Waals surface area contributed by atoms with Gasteiger partial charge in [-0.15, -0.1) is 5.10 Å². The Labute approximate surface area is 138 Å². The van der Waals surface area contributed by atoms with Gasteiger partial charge < -0.3 is 5.32 Å². The van der Waals surface area contributed by atoms with Crippen molar-refractivity contribution in [1.82, 2.24) is 25.3 Å². The molecule has 6 nitrogen and oxygen atoms in total. The number of carbonyl (C=O) groups is 1. The van der Waals surface area contributed by atoms with E-state index in [0.717, 1.165) is 11.3 Å². The Morgan fingerprint density at radius 2 is 2.00 bits per heavy atom. The number of rotatable bonds is 5. The highest BCUT2D eigenvalue weighted by Gasteiger charge is 2.10. The van der Waals surface area contributed by atoms with Crippen LogP contribution in [0.15, 0.2) is 54.9 Å². The molecule has 1 N–H and O–H groups in total. The number of halogens is 1. The fourth-order valence-electron chi connectivity index (χ4n) is 2.02. The Morgan fingerprint density at radius 3 is 2.74 bits per heavy atom. The lowest BCUT2D eigenvalue weighted by Gasteiger charge is -2.02. The molecular formula is C16H14ClN5O. The summed E-state index contributed by atoms with van der Waals surface area (Å²) in [5.41, 5.74) is 2.09. The molecule has 0 atom stereocenters. The van der Waals surface area contributed by atoms with Crippen LogP contribution in [0.5, 0.6) is 0 Å². The average Bonchev–Trinajstić information content (AvgIpc) is 3.04. The van der Waals surface area contributed by atoms with Crippen molar-refractivity contribution >= 4 is 17.5 Å². The SMILES string of the molecule is O=C(NCc1ccccn1)c1cn(Cc2ccc(Cl)cc2)nn1. The smallest absolute Gasteiger partial charge is 0.273 e. The molecular weight excluding hydrogens is 314 g/mol. The third-order valence-electron chi connectivity index (χ3n) is 3.19. The molecule has 2 heterocycles. The van der Waals surface area contributed by atoms with Gasteiger partial charge in [-0.05, 0) is 29.8 Å². The number of hydrogen-bond donors (Lipinski definition) is 1. The van der Waals surface area contributed by atoms with E-state index in [0.29, 0.717) is 18.1 Å². The monoisotopic (exact) mass is 327 g/mol. The third-order valence-corrected chi connectivity index (χ3v) is 3.44. The molecule has 3 rings (SSSR count). The highest BCUT2D eigenvalue weighted by atomic mass is 35.5. The van der Waals surface area contributed by atoms with Crippen LogP contribution in [0.4, 0.5) is 0 Å². The molecule has 0 saturated carbocycles. The first kappa shape index (κ1) is 15.2. The Morgan fingerprint density at radius 1 is 1.17 bits per heavy atom. The molecule has 2 aromatic heterocycles. The molecule has 0 fully saturated rings. The van der Waals surface area contributed by atoms with E-state index in [1.807, 2.05) is 42.5 Å². The maximum Gasteiger partial charge on any atom is 0.273 e. The predicted octanol–water partition coefficient (Wildman–Crippen LogP) is 2.30. The van der Waals surface area contributed by atoms with E-state index in [9.17, 15) is 4.79 Å². The molecule has 0 saturated heterocycles. The van der Waals surface area contributed by atoms with E-state index < -0.39 is 0 Å². The van der Waals surface area contributed by atoms with Crippen LogP contribution in [0.3, 0.4) is 0 Å². The molecule has 7 heteroatoms. The lowest BCUT2D eigenvalue weighted by Crippen LogP contribution is -2.23. The summed E-state index contributed by atoms with van der Waals surface area (Å²) in [4.78, 5) is 16.2. The molecule has 116 valence electrons. The maximum absolute atomic E-state index is 12.1. The third kappa shape index (κ3) is 4.14. The second-order valence-corrected chi connectivity index (χ2v) is 5.37.